The number of carbonyl (C=O) groups excluding carboxylic acids is 1. The first-order valence-electron chi connectivity index (χ1n) is 8.56. The van der Waals surface area contributed by atoms with Gasteiger partial charge in [0.05, 0.1) is 13.0 Å². The van der Waals surface area contributed by atoms with E-state index in [2.05, 4.69) is 6.58 Å². The first-order valence-corrected chi connectivity index (χ1v) is 8.56. The number of rotatable bonds is 5. The van der Waals surface area contributed by atoms with Gasteiger partial charge in [-0.25, -0.2) is 0 Å². The number of allylic oxidation sites excluding steroid dienone is 2. The SMILES string of the molecule is C=CC1(C)CCCC(C)=C1CC(=O)O[C@H]1OC(CO)[C@H](O)C(O)[C@H]1O. The third-order valence-corrected chi connectivity index (χ3v) is 5.32. The summed E-state index contributed by atoms with van der Waals surface area (Å²) in [7, 11) is 0. The summed E-state index contributed by atoms with van der Waals surface area (Å²) in [5, 5.41) is 38.6. The molecule has 1 saturated heterocycles. The highest BCUT2D eigenvalue weighted by Crippen LogP contribution is 2.43. The van der Waals surface area contributed by atoms with E-state index in [1.165, 1.54) is 0 Å². The fourth-order valence-electron chi connectivity index (χ4n) is 3.57. The van der Waals surface area contributed by atoms with Gasteiger partial charge in [0.15, 0.2) is 0 Å². The van der Waals surface area contributed by atoms with Gasteiger partial charge in [-0.15, -0.1) is 6.58 Å². The lowest BCUT2D eigenvalue weighted by atomic mass is 9.70. The number of hydrogen-bond donors (Lipinski definition) is 4. The maximum absolute atomic E-state index is 12.4. The molecule has 1 heterocycles. The van der Waals surface area contributed by atoms with E-state index in [0.29, 0.717) is 0 Å². The molecule has 7 nitrogen and oxygen atoms in total. The predicted molar refractivity (Wildman–Crippen MR) is 89.3 cm³/mol. The highest BCUT2D eigenvalue weighted by atomic mass is 16.7. The van der Waals surface area contributed by atoms with Crippen LogP contribution in [0.25, 0.3) is 0 Å². The molecule has 0 saturated carbocycles. The lowest BCUT2D eigenvalue weighted by Crippen LogP contribution is -2.59. The normalized spacial score (nSPS) is 39.2. The quantitative estimate of drug-likeness (QED) is 0.416. The summed E-state index contributed by atoms with van der Waals surface area (Å²) in [5.74, 6) is -0.603. The molecule has 2 aliphatic rings. The summed E-state index contributed by atoms with van der Waals surface area (Å²) in [4.78, 5) is 12.4. The van der Waals surface area contributed by atoms with E-state index in [0.717, 1.165) is 30.4 Å². The van der Waals surface area contributed by atoms with Gasteiger partial charge in [0.25, 0.3) is 0 Å². The zero-order valence-electron chi connectivity index (χ0n) is 14.7. The lowest BCUT2D eigenvalue weighted by molar-refractivity contribution is -0.292. The smallest absolute Gasteiger partial charge is 0.312 e. The Morgan fingerprint density at radius 1 is 1.36 bits per heavy atom. The summed E-state index contributed by atoms with van der Waals surface area (Å²) in [6.45, 7) is 7.31. The second kappa shape index (κ2) is 7.97. The molecule has 0 bridgehead atoms. The summed E-state index contributed by atoms with van der Waals surface area (Å²) in [6.07, 6.45) is -2.49. The second-order valence-electron chi connectivity index (χ2n) is 7.10. The van der Waals surface area contributed by atoms with Crippen LogP contribution in [0.3, 0.4) is 0 Å². The van der Waals surface area contributed by atoms with Crippen LogP contribution < -0.4 is 0 Å². The summed E-state index contributed by atoms with van der Waals surface area (Å²) in [5.41, 5.74) is 1.79. The maximum atomic E-state index is 12.4. The van der Waals surface area contributed by atoms with Crippen LogP contribution >= 0.6 is 0 Å². The molecule has 0 aromatic carbocycles. The average Bonchev–Trinajstić information content (AvgIpc) is 2.59. The highest BCUT2D eigenvalue weighted by molar-refractivity contribution is 5.73. The molecular formula is C18H28O7. The van der Waals surface area contributed by atoms with Crippen molar-refractivity contribution < 1.29 is 34.7 Å². The standard InChI is InChI=1S/C18H28O7/c1-4-18(3)7-5-6-10(2)11(18)8-13(20)25-17-16(23)15(22)14(21)12(9-19)24-17/h4,12,14-17,19,21-23H,1,5-9H2,2-3H3/t12?,14-,15?,16+,17+,18?/m0/s1. The zero-order valence-corrected chi connectivity index (χ0v) is 14.7. The fraction of sp³-hybridized carbons (Fsp3) is 0.722. The Balaban J connectivity index is 2.07. The van der Waals surface area contributed by atoms with Gasteiger partial charge in [0.2, 0.25) is 6.29 Å². The van der Waals surface area contributed by atoms with Gasteiger partial charge < -0.3 is 29.9 Å². The van der Waals surface area contributed by atoms with E-state index in [-0.39, 0.29) is 11.8 Å². The zero-order chi connectivity index (χ0) is 18.8. The van der Waals surface area contributed by atoms with Gasteiger partial charge in [-0.05, 0) is 26.2 Å². The van der Waals surface area contributed by atoms with Gasteiger partial charge in [0, 0.05) is 5.41 Å². The Kier molecular flexibility index (Phi) is 6.40. The Hall–Kier alpha value is -1.25. The van der Waals surface area contributed by atoms with E-state index in [9.17, 15) is 25.2 Å². The van der Waals surface area contributed by atoms with Crippen LogP contribution in [0.4, 0.5) is 0 Å². The molecule has 142 valence electrons. The Morgan fingerprint density at radius 3 is 2.64 bits per heavy atom. The van der Waals surface area contributed by atoms with Crippen LogP contribution in [-0.4, -0.2) is 63.7 Å². The van der Waals surface area contributed by atoms with E-state index < -0.39 is 43.3 Å². The first kappa shape index (κ1) is 20.1. The van der Waals surface area contributed by atoms with Crippen molar-refractivity contribution in [1.29, 1.82) is 0 Å². The predicted octanol–water partition coefficient (Wildman–Crippen LogP) is 0.412. The van der Waals surface area contributed by atoms with Crippen LogP contribution in [0.5, 0.6) is 0 Å². The molecule has 0 amide bonds. The van der Waals surface area contributed by atoms with E-state index in [1.54, 1.807) is 0 Å². The van der Waals surface area contributed by atoms with Gasteiger partial charge >= 0.3 is 5.97 Å². The molecule has 25 heavy (non-hydrogen) atoms. The van der Waals surface area contributed by atoms with Crippen molar-refractivity contribution >= 4 is 5.97 Å². The molecule has 0 aromatic rings. The van der Waals surface area contributed by atoms with Crippen molar-refractivity contribution in [2.24, 2.45) is 5.41 Å². The number of aliphatic hydroxyl groups is 4. The van der Waals surface area contributed by atoms with Crippen molar-refractivity contribution in [2.75, 3.05) is 6.61 Å². The minimum Gasteiger partial charge on any atom is -0.432 e. The van der Waals surface area contributed by atoms with Crippen LogP contribution in [0.1, 0.15) is 39.5 Å². The van der Waals surface area contributed by atoms with Crippen LogP contribution in [0, 0.1) is 5.41 Å². The van der Waals surface area contributed by atoms with Crippen LogP contribution in [0.2, 0.25) is 0 Å². The fourth-order valence-corrected chi connectivity index (χ4v) is 3.57. The van der Waals surface area contributed by atoms with Crippen molar-refractivity contribution in [3.63, 3.8) is 0 Å². The van der Waals surface area contributed by atoms with Gasteiger partial charge in [0.1, 0.15) is 24.4 Å². The molecule has 0 spiro atoms. The number of esters is 1. The highest BCUT2D eigenvalue weighted by Gasteiger charge is 2.45. The number of carbonyl (C=O) groups is 1. The number of hydrogen-bond acceptors (Lipinski definition) is 7. The second-order valence-corrected chi connectivity index (χ2v) is 7.10. The van der Waals surface area contributed by atoms with E-state index in [4.69, 9.17) is 9.47 Å². The molecule has 1 aliphatic carbocycles. The van der Waals surface area contributed by atoms with Crippen molar-refractivity contribution in [2.45, 2.75) is 70.2 Å². The van der Waals surface area contributed by atoms with Gasteiger partial charge in [-0.3, -0.25) is 4.79 Å². The minimum absolute atomic E-state index is 0.0311. The minimum atomic E-state index is -1.59. The first-order chi connectivity index (χ1) is 11.7. The molecule has 1 fully saturated rings. The van der Waals surface area contributed by atoms with Crippen molar-refractivity contribution in [3.8, 4) is 0 Å². The monoisotopic (exact) mass is 356 g/mol. The Labute approximate surface area is 147 Å². The summed E-state index contributed by atoms with van der Waals surface area (Å²) < 4.78 is 10.4. The van der Waals surface area contributed by atoms with E-state index in [1.807, 2.05) is 19.9 Å². The van der Waals surface area contributed by atoms with Gasteiger partial charge in [-0.2, -0.15) is 0 Å². The van der Waals surface area contributed by atoms with Gasteiger partial charge in [-0.1, -0.05) is 24.1 Å². The molecular weight excluding hydrogens is 328 g/mol. The molecule has 2 rings (SSSR count). The molecule has 3 unspecified atom stereocenters. The van der Waals surface area contributed by atoms with E-state index >= 15 is 0 Å². The summed E-state index contributed by atoms with van der Waals surface area (Å²) in [6, 6.07) is 0. The topological polar surface area (TPSA) is 116 Å². The largest absolute Gasteiger partial charge is 0.432 e. The van der Waals surface area contributed by atoms with Crippen LogP contribution in [0.15, 0.2) is 23.8 Å². The Morgan fingerprint density at radius 2 is 2.04 bits per heavy atom. The maximum Gasteiger partial charge on any atom is 0.312 e. The van der Waals surface area contributed by atoms with Crippen molar-refractivity contribution in [1.82, 2.24) is 0 Å². The number of aliphatic hydroxyl groups excluding tert-OH is 4. The van der Waals surface area contributed by atoms with Crippen LogP contribution in [-0.2, 0) is 14.3 Å². The summed E-state index contributed by atoms with van der Waals surface area (Å²) >= 11 is 0. The average molecular weight is 356 g/mol. The molecule has 7 heteroatoms. The molecule has 6 atom stereocenters. The third kappa shape index (κ3) is 4.12. The molecule has 4 N–H and O–H groups in total. The molecule has 0 radical (unpaired) electrons. The lowest BCUT2D eigenvalue weighted by Gasteiger charge is -2.39. The molecule has 0 aromatic heterocycles. The van der Waals surface area contributed by atoms with Crippen molar-refractivity contribution in [3.05, 3.63) is 23.8 Å². The number of ether oxygens (including phenoxy) is 2. The Bertz CT molecular complexity index is 542. The third-order valence-electron chi connectivity index (χ3n) is 5.32. The molecule has 1 aliphatic heterocycles.